The number of hydrogen-bond donors (Lipinski definition) is 2. The zero-order chi connectivity index (χ0) is 18.9. The average molecular weight is 377 g/mol. The van der Waals surface area contributed by atoms with E-state index in [2.05, 4.69) is 10.6 Å². The second-order valence-electron chi connectivity index (χ2n) is 5.37. The number of amides is 1. The first-order valence-corrected chi connectivity index (χ1v) is 8.55. The molecule has 2 aromatic rings. The highest BCUT2D eigenvalue weighted by Crippen LogP contribution is 2.27. The summed E-state index contributed by atoms with van der Waals surface area (Å²) >= 11 is 6.03. The Morgan fingerprint density at radius 3 is 2.38 bits per heavy atom. The van der Waals surface area contributed by atoms with Crippen molar-refractivity contribution in [3.05, 3.63) is 53.1 Å². The van der Waals surface area contributed by atoms with Gasteiger partial charge in [-0.3, -0.25) is 4.79 Å². The van der Waals surface area contributed by atoms with E-state index in [9.17, 15) is 9.59 Å². The highest BCUT2D eigenvalue weighted by Gasteiger charge is 2.07. The van der Waals surface area contributed by atoms with Crippen molar-refractivity contribution in [3.8, 4) is 5.75 Å². The maximum absolute atomic E-state index is 12.0. The zero-order valence-corrected chi connectivity index (χ0v) is 15.4. The molecule has 2 rings (SSSR count). The SMILES string of the molecule is CCOC(=O)c1ccc(NCCC(=O)Nc2ccc(OC)c(Cl)c2)cc1. The molecule has 26 heavy (non-hydrogen) atoms. The van der Waals surface area contributed by atoms with Crippen LogP contribution in [-0.2, 0) is 9.53 Å². The molecular weight excluding hydrogens is 356 g/mol. The molecule has 2 aromatic carbocycles. The van der Waals surface area contributed by atoms with Crippen molar-refractivity contribution >= 4 is 34.9 Å². The van der Waals surface area contributed by atoms with Crippen LogP contribution < -0.4 is 15.4 Å². The first-order chi connectivity index (χ1) is 12.5. The molecule has 138 valence electrons. The number of carbonyl (C=O) groups is 2. The van der Waals surface area contributed by atoms with E-state index in [-0.39, 0.29) is 18.3 Å². The molecule has 6 nitrogen and oxygen atoms in total. The summed E-state index contributed by atoms with van der Waals surface area (Å²) in [5.41, 5.74) is 1.92. The van der Waals surface area contributed by atoms with E-state index in [1.165, 1.54) is 7.11 Å². The predicted molar refractivity (Wildman–Crippen MR) is 102 cm³/mol. The lowest BCUT2D eigenvalue weighted by molar-refractivity contribution is -0.115. The molecule has 1 amide bonds. The lowest BCUT2D eigenvalue weighted by Crippen LogP contribution is -2.16. The highest BCUT2D eigenvalue weighted by atomic mass is 35.5. The summed E-state index contributed by atoms with van der Waals surface area (Å²) in [4.78, 5) is 23.6. The first kappa shape index (κ1) is 19.6. The Labute approximate surface area is 157 Å². The number of ether oxygens (including phenoxy) is 2. The molecule has 0 fully saturated rings. The van der Waals surface area contributed by atoms with E-state index < -0.39 is 0 Å². The van der Waals surface area contributed by atoms with Gasteiger partial charge in [0.25, 0.3) is 0 Å². The minimum atomic E-state index is -0.350. The van der Waals surface area contributed by atoms with Gasteiger partial charge in [-0.15, -0.1) is 0 Å². The molecule has 0 radical (unpaired) electrons. The third-order valence-corrected chi connectivity index (χ3v) is 3.81. The number of hydrogen-bond acceptors (Lipinski definition) is 5. The number of nitrogens with one attached hydrogen (secondary N) is 2. The largest absolute Gasteiger partial charge is 0.495 e. The van der Waals surface area contributed by atoms with Crippen LogP contribution in [0.1, 0.15) is 23.7 Å². The molecule has 7 heteroatoms. The molecule has 0 bridgehead atoms. The van der Waals surface area contributed by atoms with E-state index in [1.54, 1.807) is 49.4 Å². The maximum atomic E-state index is 12.0. The monoisotopic (exact) mass is 376 g/mol. The van der Waals surface area contributed by atoms with Gasteiger partial charge in [-0.05, 0) is 49.4 Å². The van der Waals surface area contributed by atoms with Crippen molar-refractivity contribution < 1.29 is 19.1 Å². The number of halogens is 1. The summed E-state index contributed by atoms with van der Waals surface area (Å²) in [7, 11) is 1.53. The Kier molecular flexibility index (Phi) is 7.29. The normalized spacial score (nSPS) is 10.1. The van der Waals surface area contributed by atoms with E-state index >= 15 is 0 Å². The average Bonchev–Trinajstić information content (AvgIpc) is 2.62. The molecule has 0 saturated heterocycles. The minimum Gasteiger partial charge on any atom is -0.495 e. The van der Waals surface area contributed by atoms with Gasteiger partial charge >= 0.3 is 5.97 Å². The van der Waals surface area contributed by atoms with Crippen molar-refractivity contribution in [2.24, 2.45) is 0 Å². The van der Waals surface area contributed by atoms with E-state index in [0.29, 0.717) is 35.2 Å². The summed E-state index contributed by atoms with van der Waals surface area (Å²) in [5, 5.41) is 6.34. The van der Waals surface area contributed by atoms with Crippen molar-refractivity contribution in [2.45, 2.75) is 13.3 Å². The number of benzene rings is 2. The van der Waals surface area contributed by atoms with Gasteiger partial charge in [0, 0.05) is 24.3 Å². The lowest BCUT2D eigenvalue weighted by Gasteiger charge is -2.09. The van der Waals surface area contributed by atoms with Crippen molar-refractivity contribution in [3.63, 3.8) is 0 Å². The van der Waals surface area contributed by atoms with Gasteiger partial charge in [-0.2, -0.15) is 0 Å². The minimum absolute atomic E-state index is 0.137. The third kappa shape index (κ3) is 5.67. The van der Waals surface area contributed by atoms with Crippen LogP contribution in [0.15, 0.2) is 42.5 Å². The lowest BCUT2D eigenvalue weighted by atomic mass is 10.2. The molecule has 0 spiro atoms. The number of anilines is 2. The number of esters is 1. The summed E-state index contributed by atoms with van der Waals surface area (Å²) in [5.74, 6) is 0.0658. The molecule has 0 heterocycles. The Bertz CT molecular complexity index is 763. The maximum Gasteiger partial charge on any atom is 0.338 e. The van der Waals surface area contributed by atoms with Gasteiger partial charge in [0.2, 0.25) is 5.91 Å². The van der Waals surface area contributed by atoms with Crippen LogP contribution in [-0.4, -0.2) is 32.1 Å². The van der Waals surface area contributed by atoms with Gasteiger partial charge in [-0.25, -0.2) is 4.79 Å². The third-order valence-electron chi connectivity index (χ3n) is 3.51. The van der Waals surface area contributed by atoms with Crippen LogP contribution in [0.5, 0.6) is 5.75 Å². The van der Waals surface area contributed by atoms with Crippen LogP contribution in [0.25, 0.3) is 0 Å². The van der Waals surface area contributed by atoms with Gasteiger partial charge in [-0.1, -0.05) is 11.6 Å². The van der Waals surface area contributed by atoms with Crippen LogP contribution in [0.4, 0.5) is 11.4 Å². The fourth-order valence-electron chi connectivity index (χ4n) is 2.23. The number of carbonyl (C=O) groups excluding carboxylic acids is 2. The number of rotatable bonds is 8. The molecule has 2 N–H and O–H groups in total. The fraction of sp³-hybridized carbons (Fsp3) is 0.263. The predicted octanol–water partition coefficient (Wildman–Crippen LogP) is 3.97. The molecule has 0 saturated carbocycles. The van der Waals surface area contributed by atoms with Crippen molar-refractivity contribution in [1.29, 1.82) is 0 Å². The second kappa shape index (κ2) is 9.68. The quantitative estimate of drug-likeness (QED) is 0.682. The molecular formula is C19H21ClN2O4. The first-order valence-electron chi connectivity index (χ1n) is 8.18. The standard InChI is InChI=1S/C19H21ClN2O4/c1-3-26-19(24)13-4-6-14(7-5-13)21-11-10-18(23)22-15-8-9-17(25-2)16(20)12-15/h4-9,12,21H,3,10-11H2,1-2H3,(H,22,23). The van der Waals surface area contributed by atoms with Crippen LogP contribution >= 0.6 is 11.6 Å². The second-order valence-corrected chi connectivity index (χ2v) is 5.78. The van der Waals surface area contributed by atoms with Crippen LogP contribution in [0.3, 0.4) is 0 Å². The Morgan fingerprint density at radius 2 is 1.77 bits per heavy atom. The van der Waals surface area contributed by atoms with Crippen molar-refractivity contribution in [1.82, 2.24) is 0 Å². The zero-order valence-electron chi connectivity index (χ0n) is 14.7. The number of methoxy groups -OCH3 is 1. The molecule has 0 atom stereocenters. The molecule has 0 aliphatic heterocycles. The Hall–Kier alpha value is -2.73. The molecule has 0 aliphatic rings. The van der Waals surface area contributed by atoms with E-state index in [0.717, 1.165) is 5.69 Å². The van der Waals surface area contributed by atoms with E-state index in [1.807, 2.05) is 0 Å². The van der Waals surface area contributed by atoms with Crippen LogP contribution in [0.2, 0.25) is 5.02 Å². The smallest absolute Gasteiger partial charge is 0.338 e. The summed E-state index contributed by atoms with van der Waals surface area (Å²) in [6, 6.07) is 12.0. The molecule has 0 unspecified atom stereocenters. The summed E-state index contributed by atoms with van der Waals surface area (Å²) in [6.45, 7) is 2.56. The van der Waals surface area contributed by atoms with Crippen LogP contribution in [0, 0.1) is 0 Å². The summed E-state index contributed by atoms with van der Waals surface area (Å²) < 4.78 is 10.0. The van der Waals surface area contributed by atoms with Gasteiger partial charge in [0.1, 0.15) is 5.75 Å². The Balaban J connectivity index is 1.79. The van der Waals surface area contributed by atoms with Gasteiger partial charge < -0.3 is 20.1 Å². The molecule has 0 aliphatic carbocycles. The summed E-state index contributed by atoms with van der Waals surface area (Å²) in [6.07, 6.45) is 0.281. The van der Waals surface area contributed by atoms with Gasteiger partial charge in [0.15, 0.2) is 0 Å². The van der Waals surface area contributed by atoms with Gasteiger partial charge in [0.05, 0.1) is 24.3 Å². The van der Waals surface area contributed by atoms with Crippen molar-refractivity contribution in [2.75, 3.05) is 30.9 Å². The highest BCUT2D eigenvalue weighted by molar-refractivity contribution is 6.32. The topological polar surface area (TPSA) is 76.7 Å². The molecule has 0 aromatic heterocycles. The fourth-order valence-corrected chi connectivity index (χ4v) is 2.48. The van der Waals surface area contributed by atoms with E-state index in [4.69, 9.17) is 21.1 Å². The Morgan fingerprint density at radius 1 is 1.08 bits per heavy atom.